The van der Waals surface area contributed by atoms with E-state index in [1.54, 1.807) is 0 Å². The molecule has 1 aliphatic heterocycles. The number of carbonyl (C=O) groups is 4. The maximum absolute atomic E-state index is 12.2. The molecule has 0 bridgehead atoms. The summed E-state index contributed by atoms with van der Waals surface area (Å²) in [6, 6.07) is 6.87. The standard InChI is InChI=1S/C26H35N3O8S/c1-6-7-10-13-29-20-12-9-8-11-19(20)28-26(29)38-25-22(27-15(2)30)24(36-18(5)33)23(35-17(4)32)21(37-25)14-34-16(3)31/h8-9,11-12,21-25H,6-7,10,13-14H2,1-5H3,(H,27,30). The van der Waals surface area contributed by atoms with E-state index < -0.39 is 53.6 Å². The second-order valence-electron chi connectivity index (χ2n) is 9.08. The van der Waals surface area contributed by atoms with Gasteiger partial charge < -0.3 is 28.8 Å². The summed E-state index contributed by atoms with van der Waals surface area (Å²) in [6.07, 6.45) is -0.144. The molecule has 2 heterocycles. The number of carbonyl (C=O) groups excluding carboxylic acids is 4. The Bertz CT molecular complexity index is 1150. The molecule has 38 heavy (non-hydrogen) atoms. The number of nitrogens with one attached hydrogen (secondary N) is 1. The number of hydrogen-bond donors (Lipinski definition) is 1. The van der Waals surface area contributed by atoms with Gasteiger partial charge >= 0.3 is 17.9 Å². The van der Waals surface area contributed by atoms with Crippen molar-refractivity contribution < 1.29 is 38.1 Å². The fraction of sp³-hybridized carbons (Fsp3) is 0.577. The molecule has 1 aromatic carbocycles. The van der Waals surface area contributed by atoms with Crippen LogP contribution in [0.5, 0.6) is 0 Å². The van der Waals surface area contributed by atoms with Crippen LogP contribution >= 0.6 is 11.8 Å². The molecule has 1 N–H and O–H groups in total. The number of fused-ring (bicyclic) bond motifs is 1. The van der Waals surface area contributed by atoms with Gasteiger partial charge in [-0.3, -0.25) is 19.2 Å². The number of hydrogen-bond acceptors (Lipinski definition) is 10. The molecule has 2 aromatic rings. The molecule has 1 amide bonds. The van der Waals surface area contributed by atoms with Gasteiger partial charge in [-0.05, 0) is 18.6 Å². The number of nitrogens with zero attached hydrogens (tertiary/aromatic N) is 2. The van der Waals surface area contributed by atoms with Gasteiger partial charge in [0.2, 0.25) is 5.91 Å². The van der Waals surface area contributed by atoms with Crippen LogP contribution in [0.25, 0.3) is 11.0 Å². The van der Waals surface area contributed by atoms with E-state index in [1.807, 2.05) is 24.3 Å². The average Bonchev–Trinajstić information content (AvgIpc) is 3.18. The maximum Gasteiger partial charge on any atom is 0.303 e. The number of para-hydroxylation sites is 2. The first kappa shape index (κ1) is 29.4. The number of thioether (sulfide) groups is 1. The lowest BCUT2D eigenvalue weighted by Gasteiger charge is -2.44. The average molecular weight is 550 g/mol. The van der Waals surface area contributed by atoms with Gasteiger partial charge in [0.25, 0.3) is 0 Å². The fourth-order valence-electron chi connectivity index (χ4n) is 4.37. The van der Waals surface area contributed by atoms with Crippen molar-refractivity contribution in [2.24, 2.45) is 0 Å². The smallest absolute Gasteiger partial charge is 0.303 e. The SMILES string of the molecule is CCCCCn1c(SC2OC(COC(C)=O)C(OC(C)=O)C(OC(C)=O)C2NC(C)=O)nc2ccccc21. The minimum atomic E-state index is -1.13. The van der Waals surface area contributed by atoms with Crippen molar-refractivity contribution in [3.05, 3.63) is 24.3 Å². The first-order valence-electron chi connectivity index (χ1n) is 12.6. The first-order chi connectivity index (χ1) is 18.1. The molecule has 3 rings (SSSR count). The van der Waals surface area contributed by atoms with Gasteiger partial charge in [-0.2, -0.15) is 0 Å². The largest absolute Gasteiger partial charge is 0.463 e. The molecule has 5 atom stereocenters. The Morgan fingerprint density at radius 1 is 1.00 bits per heavy atom. The van der Waals surface area contributed by atoms with E-state index >= 15 is 0 Å². The number of amides is 1. The summed E-state index contributed by atoms with van der Waals surface area (Å²) in [5.74, 6) is -2.22. The van der Waals surface area contributed by atoms with Gasteiger partial charge in [-0.25, -0.2) is 4.98 Å². The van der Waals surface area contributed by atoms with Crippen LogP contribution in [0.4, 0.5) is 0 Å². The Labute approximate surface area is 225 Å². The number of imidazole rings is 1. The minimum absolute atomic E-state index is 0.248. The van der Waals surface area contributed by atoms with Crippen LogP contribution in [-0.4, -0.2) is 69.8 Å². The van der Waals surface area contributed by atoms with Gasteiger partial charge in [0, 0.05) is 34.2 Å². The quantitative estimate of drug-likeness (QED) is 0.253. The van der Waals surface area contributed by atoms with Crippen molar-refractivity contribution in [2.75, 3.05) is 6.61 Å². The third kappa shape index (κ3) is 7.70. The number of ether oxygens (including phenoxy) is 4. The van der Waals surface area contributed by atoms with E-state index in [2.05, 4.69) is 16.8 Å². The van der Waals surface area contributed by atoms with E-state index in [1.165, 1.54) is 39.5 Å². The molecule has 1 aliphatic rings. The molecule has 5 unspecified atom stereocenters. The normalized spacial score (nSPS) is 23.0. The van der Waals surface area contributed by atoms with Gasteiger partial charge in [0.05, 0.1) is 11.0 Å². The predicted molar refractivity (Wildman–Crippen MR) is 139 cm³/mol. The van der Waals surface area contributed by atoms with E-state index in [-0.39, 0.29) is 6.61 Å². The van der Waals surface area contributed by atoms with E-state index in [0.717, 1.165) is 36.8 Å². The zero-order valence-corrected chi connectivity index (χ0v) is 23.1. The van der Waals surface area contributed by atoms with E-state index in [0.29, 0.717) is 5.16 Å². The molecule has 208 valence electrons. The molecule has 0 saturated carbocycles. The van der Waals surface area contributed by atoms with Crippen molar-refractivity contribution in [3.63, 3.8) is 0 Å². The number of rotatable bonds is 11. The summed E-state index contributed by atoms with van der Waals surface area (Å²) in [7, 11) is 0. The number of aryl methyl sites for hydroxylation is 1. The molecule has 1 aromatic heterocycles. The lowest BCUT2D eigenvalue weighted by atomic mass is 9.97. The number of aromatic nitrogens is 2. The van der Waals surface area contributed by atoms with E-state index in [4.69, 9.17) is 23.9 Å². The summed E-state index contributed by atoms with van der Waals surface area (Å²) in [5, 5.41) is 3.46. The molecular weight excluding hydrogens is 514 g/mol. The lowest BCUT2D eigenvalue weighted by Crippen LogP contribution is -2.65. The second-order valence-corrected chi connectivity index (χ2v) is 10.1. The molecule has 1 fully saturated rings. The van der Waals surface area contributed by atoms with Gasteiger partial charge in [-0.15, -0.1) is 0 Å². The molecule has 0 spiro atoms. The summed E-state index contributed by atoms with van der Waals surface area (Å²) >= 11 is 1.26. The first-order valence-corrected chi connectivity index (χ1v) is 13.5. The van der Waals surface area contributed by atoms with Crippen molar-refractivity contribution in [1.82, 2.24) is 14.9 Å². The van der Waals surface area contributed by atoms with Gasteiger partial charge in [-0.1, -0.05) is 43.7 Å². The molecule has 0 radical (unpaired) electrons. The summed E-state index contributed by atoms with van der Waals surface area (Å²) < 4.78 is 24.7. The highest BCUT2D eigenvalue weighted by Gasteiger charge is 2.51. The minimum Gasteiger partial charge on any atom is -0.463 e. The Balaban J connectivity index is 2.04. The Kier molecular flexibility index (Phi) is 10.5. The van der Waals surface area contributed by atoms with Crippen molar-refractivity contribution >= 4 is 46.6 Å². The van der Waals surface area contributed by atoms with Crippen LogP contribution < -0.4 is 5.32 Å². The zero-order valence-electron chi connectivity index (χ0n) is 22.3. The van der Waals surface area contributed by atoms with Crippen LogP contribution in [-0.2, 0) is 44.7 Å². The van der Waals surface area contributed by atoms with Crippen LogP contribution in [0.2, 0.25) is 0 Å². The third-order valence-corrected chi connectivity index (χ3v) is 7.06. The third-order valence-electron chi connectivity index (χ3n) is 5.90. The van der Waals surface area contributed by atoms with Gasteiger partial charge in [0.1, 0.15) is 24.2 Å². The van der Waals surface area contributed by atoms with Crippen molar-refractivity contribution in [2.45, 2.75) is 95.4 Å². The summed E-state index contributed by atoms with van der Waals surface area (Å²) in [5.41, 5.74) is 0.949. The zero-order chi connectivity index (χ0) is 27.8. The fourth-order valence-corrected chi connectivity index (χ4v) is 5.62. The van der Waals surface area contributed by atoms with Crippen LogP contribution in [0.15, 0.2) is 29.4 Å². The molecule has 1 saturated heterocycles. The van der Waals surface area contributed by atoms with Gasteiger partial charge in [0.15, 0.2) is 17.4 Å². The second kappa shape index (κ2) is 13.6. The van der Waals surface area contributed by atoms with Crippen molar-refractivity contribution in [3.8, 4) is 0 Å². The molecule has 11 nitrogen and oxygen atoms in total. The highest BCUT2D eigenvalue weighted by Crippen LogP contribution is 2.37. The number of benzene rings is 1. The number of unbranched alkanes of at least 4 members (excludes halogenated alkanes) is 2. The summed E-state index contributed by atoms with van der Waals surface area (Å²) in [6.45, 7) is 7.63. The van der Waals surface area contributed by atoms with E-state index in [9.17, 15) is 19.2 Å². The molecule has 0 aliphatic carbocycles. The lowest BCUT2D eigenvalue weighted by molar-refractivity contribution is -0.211. The Hall–Kier alpha value is -3.12. The van der Waals surface area contributed by atoms with Crippen LogP contribution in [0.1, 0.15) is 53.9 Å². The predicted octanol–water partition coefficient (Wildman–Crippen LogP) is 2.97. The molecular formula is C26H35N3O8S. The Morgan fingerprint density at radius 2 is 1.68 bits per heavy atom. The highest BCUT2D eigenvalue weighted by atomic mass is 32.2. The van der Waals surface area contributed by atoms with Crippen molar-refractivity contribution in [1.29, 1.82) is 0 Å². The Morgan fingerprint density at radius 3 is 2.32 bits per heavy atom. The monoisotopic (exact) mass is 549 g/mol. The summed E-state index contributed by atoms with van der Waals surface area (Å²) in [4.78, 5) is 52.7. The van der Waals surface area contributed by atoms with Crippen LogP contribution in [0.3, 0.4) is 0 Å². The van der Waals surface area contributed by atoms with Crippen LogP contribution in [0, 0.1) is 0 Å². The topological polar surface area (TPSA) is 135 Å². The maximum atomic E-state index is 12.2. The highest BCUT2D eigenvalue weighted by molar-refractivity contribution is 7.99. The number of esters is 3. The molecule has 12 heteroatoms.